The van der Waals surface area contributed by atoms with Crippen LogP contribution in [0.1, 0.15) is 18.9 Å². The van der Waals surface area contributed by atoms with Crippen LogP contribution in [0.3, 0.4) is 0 Å². The summed E-state index contributed by atoms with van der Waals surface area (Å²) in [6.45, 7) is 2.53. The number of fused-ring (bicyclic) bond motifs is 1. The Labute approximate surface area is 162 Å². The van der Waals surface area contributed by atoms with Crippen molar-refractivity contribution in [2.24, 2.45) is 0 Å². The third kappa shape index (κ3) is 4.27. The number of nitrogens with zero attached hydrogens (tertiary/aromatic N) is 2. The monoisotopic (exact) mass is 373 g/mol. The van der Waals surface area contributed by atoms with Gasteiger partial charge < -0.3 is 15.2 Å². The van der Waals surface area contributed by atoms with Gasteiger partial charge in [0.25, 0.3) is 5.91 Å². The molecule has 0 saturated heterocycles. The van der Waals surface area contributed by atoms with Crippen LogP contribution in [-0.4, -0.2) is 22.6 Å². The lowest BCUT2D eigenvalue weighted by Gasteiger charge is -2.09. The van der Waals surface area contributed by atoms with Crippen LogP contribution in [0.4, 0.5) is 5.69 Å². The summed E-state index contributed by atoms with van der Waals surface area (Å²) in [6, 6.07) is 15.6. The number of rotatable bonds is 6. The molecule has 2 N–H and O–H groups in total. The summed E-state index contributed by atoms with van der Waals surface area (Å²) in [5.74, 6) is -0.101. The van der Waals surface area contributed by atoms with Crippen molar-refractivity contribution in [2.75, 3.05) is 11.9 Å². The number of aromatic nitrogens is 1. The highest BCUT2D eigenvalue weighted by molar-refractivity contribution is 6.12. The van der Waals surface area contributed by atoms with Gasteiger partial charge in [-0.25, -0.2) is 0 Å². The molecule has 0 aliphatic heterocycles. The first-order chi connectivity index (χ1) is 13.6. The smallest absolute Gasteiger partial charge is 0.266 e. The first kappa shape index (κ1) is 18.9. The quantitative estimate of drug-likeness (QED) is 0.497. The van der Waals surface area contributed by atoms with Gasteiger partial charge in [-0.1, -0.05) is 13.0 Å². The van der Waals surface area contributed by atoms with Crippen molar-refractivity contribution in [1.29, 1.82) is 5.26 Å². The van der Waals surface area contributed by atoms with Gasteiger partial charge in [-0.2, -0.15) is 5.26 Å². The zero-order chi connectivity index (χ0) is 19.9. The molecule has 0 aliphatic rings. The second-order valence-corrected chi connectivity index (χ2v) is 6.07. The van der Waals surface area contributed by atoms with Gasteiger partial charge in [-0.3, -0.25) is 9.78 Å². The second kappa shape index (κ2) is 8.69. The second-order valence-electron chi connectivity index (χ2n) is 6.07. The van der Waals surface area contributed by atoms with E-state index in [1.165, 1.54) is 12.1 Å². The molecule has 28 heavy (non-hydrogen) atoms. The molecule has 140 valence electrons. The molecule has 0 atom stereocenters. The van der Waals surface area contributed by atoms with Crippen molar-refractivity contribution in [3.05, 3.63) is 65.9 Å². The molecule has 0 aliphatic carbocycles. The van der Waals surface area contributed by atoms with E-state index in [-0.39, 0.29) is 11.3 Å². The molecular formula is C22H19N3O3. The fourth-order valence-electron chi connectivity index (χ4n) is 2.66. The number of aromatic hydroxyl groups is 1. The fourth-order valence-corrected chi connectivity index (χ4v) is 2.66. The molecule has 2 aromatic carbocycles. The molecular weight excluding hydrogens is 354 g/mol. The van der Waals surface area contributed by atoms with E-state index in [1.54, 1.807) is 36.5 Å². The summed E-state index contributed by atoms with van der Waals surface area (Å²) < 4.78 is 5.46. The van der Waals surface area contributed by atoms with Gasteiger partial charge in [-0.05, 0) is 48.9 Å². The average Bonchev–Trinajstić information content (AvgIpc) is 2.71. The van der Waals surface area contributed by atoms with Crippen LogP contribution < -0.4 is 10.1 Å². The summed E-state index contributed by atoms with van der Waals surface area (Å²) in [6.07, 6.45) is 3.87. The van der Waals surface area contributed by atoms with Crippen molar-refractivity contribution >= 4 is 28.6 Å². The lowest BCUT2D eigenvalue weighted by atomic mass is 10.1. The SMILES string of the molecule is CCCOc1ccc(C=C(C#N)C(=O)Nc2cccc3ncccc23)c(O)c1. The molecule has 1 heterocycles. The van der Waals surface area contributed by atoms with E-state index in [9.17, 15) is 15.2 Å². The molecule has 0 radical (unpaired) electrons. The molecule has 1 aromatic heterocycles. The number of anilines is 1. The summed E-state index contributed by atoms with van der Waals surface area (Å²) in [4.78, 5) is 16.8. The van der Waals surface area contributed by atoms with Crippen LogP contribution in [0.5, 0.6) is 11.5 Å². The van der Waals surface area contributed by atoms with E-state index in [4.69, 9.17) is 4.74 Å². The third-order valence-corrected chi connectivity index (χ3v) is 4.03. The molecule has 3 rings (SSSR count). The van der Waals surface area contributed by atoms with Gasteiger partial charge in [0.15, 0.2) is 0 Å². The largest absolute Gasteiger partial charge is 0.507 e. The summed E-state index contributed by atoms with van der Waals surface area (Å²) >= 11 is 0. The van der Waals surface area contributed by atoms with Crippen LogP contribution in [-0.2, 0) is 4.79 Å². The number of hydrogen-bond donors (Lipinski definition) is 2. The zero-order valence-electron chi connectivity index (χ0n) is 15.3. The highest BCUT2D eigenvalue weighted by atomic mass is 16.5. The first-order valence-corrected chi connectivity index (χ1v) is 8.85. The summed E-state index contributed by atoms with van der Waals surface area (Å²) in [5.41, 5.74) is 1.53. The van der Waals surface area contributed by atoms with Gasteiger partial charge in [-0.15, -0.1) is 0 Å². The number of phenols is 1. The number of phenolic OH excluding ortho intramolecular Hbond substituents is 1. The maximum Gasteiger partial charge on any atom is 0.266 e. The Bertz CT molecular complexity index is 1080. The minimum Gasteiger partial charge on any atom is -0.507 e. The molecule has 3 aromatic rings. The molecule has 0 spiro atoms. The van der Waals surface area contributed by atoms with Crippen molar-refractivity contribution in [3.63, 3.8) is 0 Å². The predicted molar refractivity (Wildman–Crippen MR) is 108 cm³/mol. The standard InChI is InChI=1S/C22H19N3O3/c1-2-11-28-17-9-8-15(21(26)13-17)12-16(14-23)22(27)25-20-7-3-6-19-18(20)5-4-10-24-19/h3-10,12-13,26H,2,11H2,1H3,(H,25,27). The van der Waals surface area contributed by atoms with Crippen molar-refractivity contribution in [3.8, 4) is 17.6 Å². The molecule has 0 fully saturated rings. The topological polar surface area (TPSA) is 95.2 Å². The zero-order valence-corrected chi connectivity index (χ0v) is 15.3. The van der Waals surface area contributed by atoms with Crippen molar-refractivity contribution < 1.29 is 14.6 Å². The van der Waals surface area contributed by atoms with E-state index in [0.717, 1.165) is 17.3 Å². The Kier molecular flexibility index (Phi) is 5.87. The molecule has 6 nitrogen and oxygen atoms in total. The van der Waals surface area contributed by atoms with Crippen LogP contribution >= 0.6 is 0 Å². The molecule has 0 saturated carbocycles. The number of pyridine rings is 1. The number of benzene rings is 2. The van der Waals surface area contributed by atoms with E-state index in [1.807, 2.05) is 25.1 Å². The average molecular weight is 373 g/mol. The fraction of sp³-hybridized carbons (Fsp3) is 0.136. The normalized spacial score (nSPS) is 11.1. The van der Waals surface area contributed by atoms with Crippen LogP contribution in [0.15, 0.2) is 60.3 Å². The predicted octanol–water partition coefficient (Wildman–Crippen LogP) is 4.27. The van der Waals surface area contributed by atoms with Crippen molar-refractivity contribution in [2.45, 2.75) is 13.3 Å². The van der Waals surface area contributed by atoms with Gasteiger partial charge in [0.2, 0.25) is 0 Å². The molecule has 0 bridgehead atoms. The number of ether oxygens (including phenoxy) is 1. The Hall–Kier alpha value is -3.85. The first-order valence-electron chi connectivity index (χ1n) is 8.85. The summed E-state index contributed by atoms with van der Waals surface area (Å²) in [5, 5.41) is 23.1. The minimum atomic E-state index is -0.565. The third-order valence-electron chi connectivity index (χ3n) is 4.03. The number of nitrogens with one attached hydrogen (secondary N) is 1. The van der Waals surface area contributed by atoms with E-state index < -0.39 is 5.91 Å². The lowest BCUT2D eigenvalue weighted by molar-refractivity contribution is -0.112. The van der Waals surface area contributed by atoms with E-state index >= 15 is 0 Å². The van der Waals surface area contributed by atoms with Crippen LogP contribution in [0.2, 0.25) is 0 Å². The Morgan fingerprint density at radius 3 is 2.89 bits per heavy atom. The van der Waals surface area contributed by atoms with Crippen LogP contribution in [0, 0.1) is 11.3 Å². The maximum atomic E-state index is 12.6. The minimum absolute atomic E-state index is 0.0662. The van der Waals surface area contributed by atoms with Gasteiger partial charge in [0.05, 0.1) is 17.8 Å². The van der Waals surface area contributed by atoms with Crippen LogP contribution in [0.25, 0.3) is 17.0 Å². The van der Waals surface area contributed by atoms with E-state index in [2.05, 4.69) is 10.3 Å². The van der Waals surface area contributed by atoms with Crippen molar-refractivity contribution in [1.82, 2.24) is 4.98 Å². The van der Waals surface area contributed by atoms with Gasteiger partial charge in [0.1, 0.15) is 23.1 Å². The number of nitriles is 1. The number of amides is 1. The number of carbonyl (C=O) groups is 1. The molecule has 6 heteroatoms. The van der Waals surface area contributed by atoms with Gasteiger partial charge >= 0.3 is 0 Å². The highest BCUT2D eigenvalue weighted by Crippen LogP contribution is 2.26. The number of hydrogen-bond acceptors (Lipinski definition) is 5. The Morgan fingerprint density at radius 2 is 2.14 bits per heavy atom. The molecule has 1 amide bonds. The molecule has 0 unspecified atom stereocenters. The van der Waals surface area contributed by atoms with E-state index in [0.29, 0.717) is 23.6 Å². The Morgan fingerprint density at radius 1 is 1.29 bits per heavy atom. The van der Waals surface area contributed by atoms with Gasteiger partial charge in [0, 0.05) is 23.2 Å². The summed E-state index contributed by atoms with van der Waals surface area (Å²) in [7, 11) is 0. The number of carbonyl (C=O) groups excluding carboxylic acids is 1. The Balaban J connectivity index is 1.84. The maximum absolute atomic E-state index is 12.6. The lowest BCUT2D eigenvalue weighted by Crippen LogP contribution is -2.13. The highest BCUT2D eigenvalue weighted by Gasteiger charge is 2.13.